The van der Waals surface area contributed by atoms with E-state index in [1.54, 1.807) is 4.90 Å². The van der Waals surface area contributed by atoms with Crippen LogP contribution in [-0.2, 0) is 14.6 Å². The van der Waals surface area contributed by atoms with Gasteiger partial charge in [-0.05, 0) is 56.0 Å². The van der Waals surface area contributed by atoms with Crippen molar-refractivity contribution >= 4 is 32.2 Å². The summed E-state index contributed by atoms with van der Waals surface area (Å²) in [6.45, 7) is -0.609. The topological polar surface area (TPSA) is 112 Å². The molecule has 1 aromatic heterocycles. The first-order valence-electron chi connectivity index (χ1n) is 14.0. The molecule has 2 fully saturated rings. The van der Waals surface area contributed by atoms with Crippen LogP contribution in [0.25, 0.3) is 0 Å². The largest absolute Gasteiger partial charge is 0.394 e. The number of hydrogen-bond donors (Lipinski definition) is 2. The molecule has 16 heteroatoms. The molecule has 2 aromatic rings. The average molecular weight is 655 g/mol. The van der Waals surface area contributed by atoms with Crippen LogP contribution in [0.4, 0.5) is 27.1 Å². The van der Waals surface area contributed by atoms with Crippen molar-refractivity contribution in [2.45, 2.75) is 56.0 Å². The van der Waals surface area contributed by atoms with Gasteiger partial charge in [-0.15, -0.1) is 0 Å². The number of hydrogen-bond acceptors (Lipinski definition) is 9. The Kier molecular flexibility index (Phi) is 11.0. The second-order valence-electron chi connectivity index (χ2n) is 10.8. The Bertz CT molecular complexity index is 1320. The molecule has 0 spiro atoms. The minimum atomic E-state index is -4.21. The van der Waals surface area contributed by atoms with E-state index in [0.29, 0.717) is 43.3 Å². The number of benzene rings is 1. The Morgan fingerprint density at radius 3 is 2.47 bits per heavy atom. The third-order valence-corrected chi connectivity index (χ3v) is 10.7. The summed E-state index contributed by atoms with van der Waals surface area (Å²) in [5.41, 5.74) is 0.501. The first-order chi connectivity index (χ1) is 20.3. The molecule has 0 unspecified atom stereocenters. The van der Waals surface area contributed by atoms with Crippen LogP contribution in [0.2, 0.25) is 0 Å². The van der Waals surface area contributed by atoms with E-state index < -0.39 is 53.1 Å². The quantitative estimate of drug-likeness (QED) is 0.329. The standard InChI is InChI=1S/C27H35F5N4O5S2/c1-2-43(39,40)21-5-3-18(4-6-21)22(15-37)34-24(38)23-12-33-26(42-23)36-14-17(11-20(36)16-41-25(28)29)13-35-9-7-19(8-10-35)27(30,31)32/h3-6,12,17,19-20,22,25,37H,2,7-11,13-16H2,1H3,(H,34,38)/t17-,20+,22+/m1/s1. The molecule has 0 bridgehead atoms. The van der Waals surface area contributed by atoms with E-state index in [4.69, 9.17) is 0 Å². The molecule has 1 aromatic carbocycles. The van der Waals surface area contributed by atoms with Gasteiger partial charge in [0.1, 0.15) is 4.88 Å². The number of alkyl halides is 5. The van der Waals surface area contributed by atoms with E-state index in [1.807, 2.05) is 4.90 Å². The lowest BCUT2D eigenvalue weighted by molar-refractivity contribution is -0.185. The number of thiazole rings is 1. The molecule has 3 atom stereocenters. The molecule has 2 aliphatic heterocycles. The van der Waals surface area contributed by atoms with Crippen molar-refractivity contribution in [3.05, 3.63) is 40.9 Å². The number of nitrogens with zero attached hydrogens (tertiary/aromatic N) is 3. The molecule has 4 rings (SSSR count). The summed E-state index contributed by atoms with van der Waals surface area (Å²) in [7, 11) is -3.41. The number of rotatable bonds is 12. The Morgan fingerprint density at radius 2 is 1.88 bits per heavy atom. The minimum absolute atomic E-state index is 0.0202. The van der Waals surface area contributed by atoms with Crippen LogP contribution in [0, 0.1) is 11.8 Å². The van der Waals surface area contributed by atoms with Crippen molar-refractivity contribution < 1.29 is 45.0 Å². The van der Waals surface area contributed by atoms with Crippen LogP contribution in [-0.4, -0.2) is 93.3 Å². The van der Waals surface area contributed by atoms with E-state index in [9.17, 15) is 40.3 Å². The fourth-order valence-electron chi connectivity index (χ4n) is 5.57. The number of ether oxygens (including phenoxy) is 1. The number of likely N-dealkylation sites (tertiary alicyclic amines) is 1. The molecule has 0 radical (unpaired) electrons. The first kappa shape index (κ1) is 33.5. The van der Waals surface area contributed by atoms with Gasteiger partial charge in [0.15, 0.2) is 15.0 Å². The van der Waals surface area contributed by atoms with Crippen LogP contribution in [0.1, 0.15) is 47.5 Å². The van der Waals surface area contributed by atoms with E-state index in [2.05, 4.69) is 15.0 Å². The van der Waals surface area contributed by atoms with Crippen LogP contribution in [0.3, 0.4) is 0 Å². The van der Waals surface area contributed by atoms with Gasteiger partial charge >= 0.3 is 12.8 Å². The number of carbonyl (C=O) groups is 1. The zero-order chi connectivity index (χ0) is 31.4. The fourth-order valence-corrected chi connectivity index (χ4v) is 7.35. The van der Waals surface area contributed by atoms with E-state index in [0.717, 1.165) is 11.3 Å². The van der Waals surface area contributed by atoms with E-state index >= 15 is 0 Å². The number of aromatic nitrogens is 1. The zero-order valence-electron chi connectivity index (χ0n) is 23.5. The summed E-state index contributed by atoms with van der Waals surface area (Å²) in [6.07, 6.45) is -2.33. The smallest absolute Gasteiger partial charge is 0.391 e. The van der Waals surface area contributed by atoms with Crippen LogP contribution >= 0.6 is 11.3 Å². The van der Waals surface area contributed by atoms with E-state index in [-0.39, 0.29) is 40.9 Å². The lowest BCUT2D eigenvalue weighted by atomic mass is 9.95. The highest BCUT2D eigenvalue weighted by molar-refractivity contribution is 7.91. The number of carbonyl (C=O) groups excluding carboxylic acids is 1. The zero-order valence-corrected chi connectivity index (χ0v) is 25.1. The predicted octanol–water partition coefficient (Wildman–Crippen LogP) is 4.11. The van der Waals surface area contributed by atoms with Gasteiger partial charge in [0.2, 0.25) is 0 Å². The van der Waals surface area contributed by atoms with Crippen molar-refractivity contribution in [2.75, 3.05) is 50.0 Å². The van der Waals surface area contributed by atoms with Crippen molar-refractivity contribution in [3.63, 3.8) is 0 Å². The molecule has 43 heavy (non-hydrogen) atoms. The second-order valence-corrected chi connectivity index (χ2v) is 14.1. The Labute approximate surface area is 250 Å². The van der Waals surface area contributed by atoms with Crippen molar-refractivity contribution in [1.82, 2.24) is 15.2 Å². The first-order valence-corrected chi connectivity index (χ1v) is 16.4. The van der Waals surface area contributed by atoms with Crippen molar-refractivity contribution in [3.8, 4) is 0 Å². The van der Waals surface area contributed by atoms with Gasteiger partial charge in [0.05, 0.1) is 48.1 Å². The Balaban J connectivity index is 1.40. The summed E-state index contributed by atoms with van der Waals surface area (Å²) in [5, 5.41) is 13.0. The number of amides is 1. The van der Waals surface area contributed by atoms with Gasteiger partial charge in [0, 0.05) is 13.1 Å². The van der Waals surface area contributed by atoms with Gasteiger partial charge in [-0.1, -0.05) is 30.4 Å². The summed E-state index contributed by atoms with van der Waals surface area (Å²) >= 11 is 1.04. The van der Waals surface area contributed by atoms with Crippen LogP contribution in [0.15, 0.2) is 35.4 Å². The van der Waals surface area contributed by atoms with E-state index in [1.165, 1.54) is 37.4 Å². The fraction of sp³-hybridized carbons (Fsp3) is 0.630. The normalized spacial score (nSPS) is 21.4. The molecule has 3 heterocycles. The van der Waals surface area contributed by atoms with Crippen molar-refractivity contribution in [1.29, 1.82) is 0 Å². The monoisotopic (exact) mass is 654 g/mol. The summed E-state index contributed by atoms with van der Waals surface area (Å²) in [6, 6.07) is 4.59. The number of sulfone groups is 1. The van der Waals surface area contributed by atoms with Gasteiger partial charge < -0.3 is 25.0 Å². The maximum absolute atomic E-state index is 13.0. The highest BCUT2D eigenvalue weighted by Crippen LogP contribution is 2.36. The number of aliphatic hydroxyl groups excluding tert-OH is 1. The maximum Gasteiger partial charge on any atom is 0.391 e. The molecule has 2 N–H and O–H groups in total. The third kappa shape index (κ3) is 8.62. The van der Waals surface area contributed by atoms with Crippen LogP contribution in [0.5, 0.6) is 0 Å². The molecular weight excluding hydrogens is 619 g/mol. The molecular formula is C27H35F5N4O5S2. The van der Waals surface area contributed by atoms with Gasteiger partial charge in [-0.3, -0.25) is 4.79 Å². The molecule has 0 aliphatic carbocycles. The van der Waals surface area contributed by atoms with Gasteiger partial charge in [-0.2, -0.15) is 22.0 Å². The number of piperidine rings is 1. The average Bonchev–Trinajstić information content (AvgIpc) is 3.62. The summed E-state index contributed by atoms with van der Waals surface area (Å²) < 4.78 is 93.6. The third-order valence-electron chi connectivity index (χ3n) is 7.96. The molecule has 1 amide bonds. The second kappa shape index (κ2) is 14.1. The highest BCUT2D eigenvalue weighted by Gasteiger charge is 2.42. The van der Waals surface area contributed by atoms with Crippen LogP contribution < -0.4 is 10.2 Å². The maximum atomic E-state index is 13.0. The summed E-state index contributed by atoms with van der Waals surface area (Å²) in [4.78, 5) is 21.5. The van der Waals surface area contributed by atoms with Gasteiger partial charge in [0.25, 0.3) is 5.91 Å². The Hall–Kier alpha value is -2.40. The molecule has 0 saturated carbocycles. The van der Waals surface area contributed by atoms with Gasteiger partial charge in [-0.25, -0.2) is 13.4 Å². The molecule has 2 aliphatic rings. The minimum Gasteiger partial charge on any atom is -0.394 e. The summed E-state index contributed by atoms with van der Waals surface area (Å²) in [5.74, 6) is -1.92. The van der Waals surface area contributed by atoms with Crippen molar-refractivity contribution in [2.24, 2.45) is 11.8 Å². The number of aliphatic hydroxyl groups is 1. The molecule has 9 nitrogen and oxygen atoms in total. The molecule has 2 saturated heterocycles. The lowest BCUT2D eigenvalue weighted by Crippen LogP contribution is -2.41. The predicted molar refractivity (Wildman–Crippen MR) is 150 cm³/mol. The number of nitrogens with one attached hydrogen (secondary N) is 1. The highest BCUT2D eigenvalue weighted by atomic mass is 32.2. The number of anilines is 1. The lowest BCUT2D eigenvalue weighted by Gasteiger charge is -2.34. The number of halogens is 5. The Morgan fingerprint density at radius 1 is 1.21 bits per heavy atom. The molecule has 240 valence electrons. The SMILES string of the molecule is CCS(=O)(=O)c1ccc([C@H](CO)NC(=O)c2cnc(N3C[C@@H](CN4CCC(C(F)(F)F)CC4)C[C@H]3COC(F)F)s2)cc1.